The summed E-state index contributed by atoms with van der Waals surface area (Å²) < 4.78 is 37.5. The summed E-state index contributed by atoms with van der Waals surface area (Å²) in [5.74, 6) is 0.187. The van der Waals surface area contributed by atoms with Crippen LogP contribution in [0.2, 0.25) is 0 Å². The van der Waals surface area contributed by atoms with Gasteiger partial charge >= 0.3 is 6.18 Å². The SMILES string of the molecule is N#CC1=CNCc2ccc(-c3ncc(C(F)(F)F)cn3)cc21. The number of benzene rings is 1. The quantitative estimate of drug-likeness (QED) is 0.879. The summed E-state index contributed by atoms with van der Waals surface area (Å²) in [6.07, 6.45) is -1.34. The molecule has 0 saturated heterocycles. The molecule has 1 aliphatic heterocycles. The molecule has 0 fully saturated rings. The van der Waals surface area contributed by atoms with Gasteiger partial charge in [-0.05, 0) is 17.2 Å². The minimum atomic E-state index is -4.46. The molecule has 7 heteroatoms. The second kappa shape index (κ2) is 5.15. The Morgan fingerprint density at radius 1 is 1.18 bits per heavy atom. The lowest BCUT2D eigenvalue weighted by Gasteiger charge is -2.15. The summed E-state index contributed by atoms with van der Waals surface area (Å²) in [5, 5.41) is 12.1. The van der Waals surface area contributed by atoms with Crippen molar-refractivity contribution in [2.45, 2.75) is 12.7 Å². The fraction of sp³-hybridized carbons (Fsp3) is 0.133. The summed E-state index contributed by atoms with van der Waals surface area (Å²) in [6.45, 7) is 0.592. The predicted molar refractivity (Wildman–Crippen MR) is 72.9 cm³/mol. The first-order chi connectivity index (χ1) is 10.5. The summed E-state index contributed by atoms with van der Waals surface area (Å²) in [5.41, 5.74) is 1.82. The van der Waals surface area contributed by atoms with E-state index in [1.165, 1.54) is 0 Å². The zero-order valence-corrected chi connectivity index (χ0v) is 11.1. The average molecular weight is 302 g/mol. The summed E-state index contributed by atoms with van der Waals surface area (Å²) in [6, 6.07) is 7.33. The summed E-state index contributed by atoms with van der Waals surface area (Å²) in [4.78, 5) is 7.53. The number of rotatable bonds is 1. The number of alkyl halides is 3. The number of aromatic nitrogens is 2. The van der Waals surface area contributed by atoms with Crippen molar-refractivity contribution in [3.63, 3.8) is 0 Å². The maximum atomic E-state index is 12.5. The molecule has 0 spiro atoms. The normalized spacial score (nSPS) is 13.6. The highest BCUT2D eigenvalue weighted by atomic mass is 19.4. The van der Waals surface area contributed by atoms with Gasteiger partial charge in [0.2, 0.25) is 0 Å². The van der Waals surface area contributed by atoms with Gasteiger partial charge in [-0.25, -0.2) is 9.97 Å². The molecule has 0 amide bonds. The highest BCUT2D eigenvalue weighted by Crippen LogP contribution is 2.30. The standard InChI is InChI=1S/C15H9F3N4/c16-15(17,18)12-7-21-14(22-8-12)9-1-2-10-5-20-6-11(4-19)13(10)3-9/h1-3,6-8,20H,5H2. The first-order valence-corrected chi connectivity index (χ1v) is 6.35. The number of nitrogens with one attached hydrogen (secondary N) is 1. The molecule has 4 nitrogen and oxygen atoms in total. The van der Waals surface area contributed by atoms with E-state index in [4.69, 9.17) is 5.26 Å². The Labute approximate surface area is 123 Å². The Bertz CT molecular complexity index is 786. The Morgan fingerprint density at radius 3 is 2.55 bits per heavy atom. The fourth-order valence-electron chi connectivity index (χ4n) is 2.18. The van der Waals surface area contributed by atoms with E-state index in [1.807, 2.05) is 6.07 Å². The topological polar surface area (TPSA) is 61.6 Å². The molecule has 22 heavy (non-hydrogen) atoms. The number of nitriles is 1. The van der Waals surface area contributed by atoms with Crippen molar-refractivity contribution in [2.75, 3.05) is 0 Å². The third-order valence-electron chi connectivity index (χ3n) is 3.30. The van der Waals surface area contributed by atoms with Crippen molar-refractivity contribution in [1.82, 2.24) is 15.3 Å². The molecule has 1 N–H and O–H groups in total. The molecule has 1 aromatic heterocycles. The summed E-state index contributed by atoms with van der Waals surface area (Å²) in [7, 11) is 0. The monoisotopic (exact) mass is 302 g/mol. The molecular formula is C15H9F3N4. The number of hydrogen-bond acceptors (Lipinski definition) is 4. The molecule has 2 aromatic rings. The third kappa shape index (κ3) is 2.51. The first-order valence-electron chi connectivity index (χ1n) is 6.35. The number of fused-ring (bicyclic) bond motifs is 1. The van der Waals surface area contributed by atoms with Gasteiger partial charge < -0.3 is 5.32 Å². The van der Waals surface area contributed by atoms with Gasteiger partial charge in [-0.15, -0.1) is 0 Å². The van der Waals surface area contributed by atoms with Crippen molar-refractivity contribution < 1.29 is 13.2 Å². The Kier molecular flexibility index (Phi) is 3.29. The van der Waals surface area contributed by atoms with Crippen LogP contribution in [0.3, 0.4) is 0 Å². The van der Waals surface area contributed by atoms with Crippen LogP contribution in [0.1, 0.15) is 16.7 Å². The van der Waals surface area contributed by atoms with Crippen LogP contribution in [0.25, 0.3) is 17.0 Å². The molecule has 0 bridgehead atoms. The second-order valence-electron chi connectivity index (χ2n) is 4.72. The largest absolute Gasteiger partial charge is 0.419 e. The van der Waals surface area contributed by atoms with Crippen LogP contribution < -0.4 is 5.32 Å². The highest BCUT2D eigenvalue weighted by Gasteiger charge is 2.31. The number of nitrogens with zero attached hydrogens (tertiary/aromatic N) is 3. The van der Waals surface area contributed by atoms with E-state index in [-0.39, 0.29) is 5.82 Å². The van der Waals surface area contributed by atoms with E-state index < -0.39 is 11.7 Å². The zero-order chi connectivity index (χ0) is 15.7. The van der Waals surface area contributed by atoms with Crippen molar-refractivity contribution in [3.8, 4) is 17.5 Å². The van der Waals surface area contributed by atoms with Gasteiger partial charge in [-0.2, -0.15) is 18.4 Å². The molecule has 0 saturated carbocycles. The van der Waals surface area contributed by atoms with Crippen LogP contribution in [-0.2, 0) is 12.7 Å². The minimum Gasteiger partial charge on any atom is -0.386 e. The van der Waals surface area contributed by atoms with E-state index >= 15 is 0 Å². The molecule has 0 atom stereocenters. The van der Waals surface area contributed by atoms with Gasteiger partial charge in [-0.1, -0.05) is 12.1 Å². The maximum Gasteiger partial charge on any atom is 0.419 e. The van der Waals surface area contributed by atoms with E-state index in [0.717, 1.165) is 23.5 Å². The zero-order valence-electron chi connectivity index (χ0n) is 11.1. The van der Waals surface area contributed by atoms with Crippen LogP contribution in [0.15, 0.2) is 36.8 Å². The molecule has 1 aliphatic rings. The smallest absolute Gasteiger partial charge is 0.386 e. The van der Waals surface area contributed by atoms with Crippen molar-refractivity contribution in [3.05, 3.63) is 53.5 Å². The van der Waals surface area contributed by atoms with Crippen LogP contribution in [-0.4, -0.2) is 9.97 Å². The van der Waals surface area contributed by atoms with E-state index in [2.05, 4.69) is 21.4 Å². The molecule has 1 aromatic carbocycles. The van der Waals surface area contributed by atoms with Gasteiger partial charge in [0.15, 0.2) is 5.82 Å². The fourth-order valence-corrected chi connectivity index (χ4v) is 2.18. The molecule has 110 valence electrons. The molecular weight excluding hydrogens is 293 g/mol. The Balaban J connectivity index is 2.01. The van der Waals surface area contributed by atoms with Gasteiger partial charge in [-0.3, -0.25) is 0 Å². The lowest BCUT2D eigenvalue weighted by atomic mass is 9.96. The molecule has 2 heterocycles. The number of hydrogen-bond donors (Lipinski definition) is 1. The second-order valence-corrected chi connectivity index (χ2v) is 4.72. The molecule has 3 rings (SSSR count). The van der Waals surface area contributed by atoms with Crippen LogP contribution in [0.5, 0.6) is 0 Å². The van der Waals surface area contributed by atoms with Crippen molar-refractivity contribution in [1.29, 1.82) is 5.26 Å². The average Bonchev–Trinajstić information content (AvgIpc) is 2.53. The molecule has 0 unspecified atom stereocenters. The lowest BCUT2D eigenvalue weighted by molar-refractivity contribution is -0.138. The van der Waals surface area contributed by atoms with E-state index in [0.29, 0.717) is 17.7 Å². The Morgan fingerprint density at radius 2 is 1.91 bits per heavy atom. The van der Waals surface area contributed by atoms with Crippen LogP contribution in [0.4, 0.5) is 13.2 Å². The summed E-state index contributed by atoms with van der Waals surface area (Å²) >= 11 is 0. The van der Waals surface area contributed by atoms with Crippen LogP contribution in [0, 0.1) is 11.3 Å². The predicted octanol–water partition coefficient (Wildman–Crippen LogP) is 3.13. The minimum absolute atomic E-state index is 0.187. The lowest BCUT2D eigenvalue weighted by Crippen LogP contribution is -2.13. The van der Waals surface area contributed by atoms with Crippen molar-refractivity contribution >= 4 is 5.57 Å². The number of halogens is 3. The highest BCUT2D eigenvalue weighted by molar-refractivity contribution is 5.81. The van der Waals surface area contributed by atoms with Gasteiger partial charge in [0, 0.05) is 30.7 Å². The van der Waals surface area contributed by atoms with Gasteiger partial charge in [0.25, 0.3) is 0 Å². The van der Waals surface area contributed by atoms with Crippen LogP contribution >= 0.6 is 0 Å². The third-order valence-corrected chi connectivity index (χ3v) is 3.30. The van der Waals surface area contributed by atoms with E-state index in [9.17, 15) is 13.2 Å². The molecule has 0 aliphatic carbocycles. The number of allylic oxidation sites excluding steroid dienone is 1. The molecule has 0 radical (unpaired) electrons. The van der Waals surface area contributed by atoms with Crippen molar-refractivity contribution in [2.24, 2.45) is 0 Å². The van der Waals surface area contributed by atoms with E-state index in [1.54, 1.807) is 18.3 Å². The Hall–Kier alpha value is -2.88. The van der Waals surface area contributed by atoms with Gasteiger partial charge in [0.1, 0.15) is 6.07 Å². The first kappa shape index (κ1) is 14.1. The maximum absolute atomic E-state index is 12.5. The van der Waals surface area contributed by atoms with Gasteiger partial charge in [0.05, 0.1) is 11.1 Å².